The van der Waals surface area contributed by atoms with Crippen molar-refractivity contribution in [1.29, 1.82) is 0 Å². The van der Waals surface area contributed by atoms with Crippen LogP contribution in [0.2, 0.25) is 0 Å². The van der Waals surface area contributed by atoms with Crippen molar-refractivity contribution in [3.05, 3.63) is 71.0 Å². The van der Waals surface area contributed by atoms with Crippen molar-refractivity contribution in [1.82, 2.24) is 4.57 Å². The smallest absolute Gasteiger partial charge is 0.279 e. The molecule has 3 aromatic rings. The molecule has 3 nitrogen and oxygen atoms in total. The van der Waals surface area contributed by atoms with Crippen LogP contribution in [0.4, 0.5) is 0 Å². The first-order valence-electron chi connectivity index (χ1n) is 8.50. The molecule has 0 saturated heterocycles. The monoisotopic (exact) mass is 382 g/mol. The molecule has 0 fully saturated rings. The Bertz CT molecular complexity index is 1010. The highest BCUT2D eigenvalue weighted by Gasteiger charge is 2.10. The van der Waals surface area contributed by atoms with Crippen molar-refractivity contribution in [2.45, 2.75) is 31.2 Å². The van der Waals surface area contributed by atoms with Crippen molar-refractivity contribution in [3.63, 3.8) is 0 Å². The lowest BCUT2D eigenvalue weighted by atomic mass is 10.0. The summed E-state index contributed by atoms with van der Waals surface area (Å²) >= 11 is 3.20. The number of amides is 1. The van der Waals surface area contributed by atoms with Gasteiger partial charge in [-0.25, -0.2) is 0 Å². The molecule has 1 aromatic heterocycles. The van der Waals surface area contributed by atoms with Gasteiger partial charge < -0.3 is 4.57 Å². The van der Waals surface area contributed by atoms with Gasteiger partial charge in [-0.05, 0) is 54.1 Å². The molecule has 134 valence electrons. The van der Waals surface area contributed by atoms with E-state index in [2.05, 4.69) is 43.6 Å². The molecule has 0 saturated carbocycles. The maximum absolute atomic E-state index is 12.6. The van der Waals surface area contributed by atoms with E-state index in [9.17, 15) is 4.79 Å². The van der Waals surface area contributed by atoms with Crippen LogP contribution in [0, 0.1) is 0 Å². The van der Waals surface area contributed by atoms with Crippen LogP contribution in [0.15, 0.2) is 65.0 Å². The summed E-state index contributed by atoms with van der Waals surface area (Å²) in [6, 6.07) is 14.0. The van der Waals surface area contributed by atoms with E-state index in [1.807, 2.05) is 41.2 Å². The highest BCUT2D eigenvalue weighted by molar-refractivity contribution is 7.98. The molecule has 2 aromatic carbocycles. The second-order valence-electron chi connectivity index (χ2n) is 6.31. The number of aromatic nitrogens is 1. The number of carbonyl (C=O) groups excluding carboxylic acids is 1. The Morgan fingerprint density at radius 3 is 2.62 bits per heavy atom. The van der Waals surface area contributed by atoms with Crippen LogP contribution in [-0.4, -0.2) is 16.7 Å². The molecule has 0 aliphatic heterocycles. The molecule has 3 rings (SSSR count). The molecule has 26 heavy (non-hydrogen) atoms. The van der Waals surface area contributed by atoms with Gasteiger partial charge in [-0.1, -0.05) is 37.3 Å². The van der Waals surface area contributed by atoms with Gasteiger partial charge in [0, 0.05) is 17.0 Å². The minimum atomic E-state index is -0.217. The predicted molar refractivity (Wildman–Crippen MR) is 112 cm³/mol. The standard InChI is InChI=1S/C21H22N2OS2/c1-5-12-23-18-11-8-16(14(2)3)13-19(18)26-21(23)22-20(24)15-6-9-17(25-4)10-7-15/h5-11,13-14H,1,12H2,2-4H3. The summed E-state index contributed by atoms with van der Waals surface area (Å²) < 4.78 is 3.19. The Hall–Kier alpha value is -2.11. The summed E-state index contributed by atoms with van der Waals surface area (Å²) in [5.41, 5.74) is 2.98. The lowest BCUT2D eigenvalue weighted by molar-refractivity contribution is 0.0998. The van der Waals surface area contributed by atoms with Gasteiger partial charge in [0.25, 0.3) is 5.91 Å². The molecular formula is C21H22N2OS2. The van der Waals surface area contributed by atoms with Crippen molar-refractivity contribution >= 4 is 39.2 Å². The molecule has 1 heterocycles. The zero-order chi connectivity index (χ0) is 18.7. The topological polar surface area (TPSA) is 34.4 Å². The van der Waals surface area contributed by atoms with Gasteiger partial charge in [0.05, 0.1) is 10.2 Å². The van der Waals surface area contributed by atoms with Gasteiger partial charge in [0.2, 0.25) is 0 Å². The number of hydrogen-bond donors (Lipinski definition) is 0. The summed E-state index contributed by atoms with van der Waals surface area (Å²) in [6.07, 6.45) is 3.85. The van der Waals surface area contributed by atoms with E-state index >= 15 is 0 Å². The van der Waals surface area contributed by atoms with Crippen LogP contribution >= 0.6 is 23.1 Å². The molecule has 0 unspecified atom stereocenters. The lowest BCUT2D eigenvalue weighted by Gasteiger charge is -2.05. The first kappa shape index (κ1) is 18.7. The first-order chi connectivity index (χ1) is 12.5. The molecule has 0 spiro atoms. The summed E-state index contributed by atoms with van der Waals surface area (Å²) in [4.78, 5) is 18.9. The van der Waals surface area contributed by atoms with Crippen molar-refractivity contribution in [2.75, 3.05) is 6.26 Å². The maximum Gasteiger partial charge on any atom is 0.279 e. The summed E-state index contributed by atoms with van der Waals surface area (Å²) in [6.45, 7) is 8.82. The minimum Gasteiger partial charge on any atom is -0.312 e. The minimum absolute atomic E-state index is 0.217. The number of benzene rings is 2. The lowest BCUT2D eigenvalue weighted by Crippen LogP contribution is -2.16. The zero-order valence-corrected chi connectivity index (χ0v) is 16.9. The second kappa shape index (κ2) is 8.06. The van der Waals surface area contributed by atoms with E-state index < -0.39 is 0 Å². The van der Waals surface area contributed by atoms with Gasteiger partial charge in [0.1, 0.15) is 0 Å². The predicted octanol–water partition coefficient (Wildman–Crippen LogP) is 5.48. The highest BCUT2D eigenvalue weighted by atomic mass is 32.2. The van der Waals surface area contributed by atoms with Crippen molar-refractivity contribution in [3.8, 4) is 0 Å². The van der Waals surface area contributed by atoms with E-state index in [1.54, 1.807) is 23.1 Å². The van der Waals surface area contributed by atoms with Crippen LogP contribution in [0.3, 0.4) is 0 Å². The number of carbonyl (C=O) groups is 1. The number of fused-ring (bicyclic) bond motifs is 1. The molecule has 1 amide bonds. The van der Waals surface area contributed by atoms with Crippen LogP contribution in [0.5, 0.6) is 0 Å². The van der Waals surface area contributed by atoms with Crippen LogP contribution in [0.25, 0.3) is 10.2 Å². The number of nitrogens with zero attached hydrogens (tertiary/aromatic N) is 2. The Morgan fingerprint density at radius 1 is 1.27 bits per heavy atom. The summed E-state index contributed by atoms with van der Waals surface area (Å²) in [5, 5.41) is 0. The molecule has 5 heteroatoms. The summed E-state index contributed by atoms with van der Waals surface area (Å²) in [5.74, 6) is 0.248. The largest absolute Gasteiger partial charge is 0.312 e. The third-order valence-electron chi connectivity index (χ3n) is 4.22. The fraction of sp³-hybridized carbons (Fsp3) is 0.238. The van der Waals surface area contributed by atoms with Crippen molar-refractivity contribution in [2.24, 2.45) is 4.99 Å². The highest BCUT2D eigenvalue weighted by Crippen LogP contribution is 2.24. The van der Waals surface area contributed by atoms with Crippen molar-refractivity contribution < 1.29 is 4.79 Å². The third-order valence-corrected chi connectivity index (χ3v) is 6.00. The average Bonchev–Trinajstić information content (AvgIpc) is 2.98. The normalized spacial score (nSPS) is 12.1. The Kier molecular flexibility index (Phi) is 5.79. The Morgan fingerprint density at radius 2 is 2.00 bits per heavy atom. The second-order valence-corrected chi connectivity index (χ2v) is 8.20. The van der Waals surface area contributed by atoms with Crippen LogP contribution < -0.4 is 4.80 Å². The first-order valence-corrected chi connectivity index (χ1v) is 10.5. The third kappa shape index (κ3) is 3.84. The Labute approximate surface area is 162 Å². The van der Waals surface area contributed by atoms with Gasteiger partial charge in [-0.15, -0.1) is 18.3 Å². The molecule has 0 radical (unpaired) electrons. The van der Waals surface area contributed by atoms with Crippen LogP contribution in [-0.2, 0) is 6.54 Å². The molecule has 0 N–H and O–H groups in total. The molecular weight excluding hydrogens is 360 g/mol. The zero-order valence-electron chi connectivity index (χ0n) is 15.2. The van der Waals surface area contributed by atoms with E-state index in [0.717, 1.165) is 15.1 Å². The van der Waals surface area contributed by atoms with E-state index in [-0.39, 0.29) is 5.91 Å². The van der Waals surface area contributed by atoms with Gasteiger partial charge in [-0.2, -0.15) is 4.99 Å². The summed E-state index contributed by atoms with van der Waals surface area (Å²) in [7, 11) is 0. The maximum atomic E-state index is 12.6. The molecule has 0 aliphatic rings. The van der Waals surface area contributed by atoms with Gasteiger partial charge in [-0.3, -0.25) is 4.79 Å². The molecule has 0 atom stereocenters. The average molecular weight is 383 g/mol. The number of thiazole rings is 1. The number of thioether (sulfide) groups is 1. The number of hydrogen-bond acceptors (Lipinski definition) is 3. The number of rotatable bonds is 5. The fourth-order valence-corrected chi connectivity index (χ4v) is 4.22. The number of allylic oxidation sites excluding steroid dienone is 1. The van der Waals surface area contributed by atoms with E-state index in [0.29, 0.717) is 22.8 Å². The van der Waals surface area contributed by atoms with E-state index in [4.69, 9.17) is 0 Å². The van der Waals surface area contributed by atoms with Gasteiger partial charge in [0.15, 0.2) is 4.80 Å². The molecule has 0 aliphatic carbocycles. The van der Waals surface area contributed by atoms with Gasteiger partial charge >= 0.3 is 0 Å². The van der Waals surface area contributed by atoms with E-state index in [1.165, 1.54) is 5.56 Å². The SMILES string of the molecule is C=CCn1c(=NC(=O)c2ccc(SC)cc2)sc2cc(C(C)C)ccc21. The van der Waals surface area contributed by atoms with Crippen LogP contribution in [0.1, 0.15) is 35.7 Å². The fourth-order valence-electron chi connectivity index (χ4n) is 2.72. The quantitative estimate of drug-likeness (QED) is 0.433. The molecule has 0 bridgehead atoms. The Balaban J connectivity index is 2.09.